The molecule has 0 saturated heterocycles. The standard InChI is InChI=1S/C18H26N2O3/c1-6-13(3)19-16(21)9-10-20-14-11-12(2)7-8-15(14)23-18(4,5)17(20)22/h7-8,11,13H,6,9-10H2,1-5H3,(H,19,21). The number of amides is 2. The van der Waals surface area contributed by atoms with E-state index in [4.69, 9.17) is 4.74 Å². The van der Waals surface area contributed by atoms with Gasteiger partial charge in [0.15, 0.2) is 5.60 Å². The first-order valence-electron chi connectivity index (χ1n) is 8.15. The molecule has 2 rings (SSSR count). The molecule has 23 heavy (non-hydrogen) atoms. The highest BCUT2D eigenvalue weighted by atomic mass is 16.5. The molecule has 1 aliphatic heterocycles. The molecule has 5 heteroatoms. The number of hydrogen-bond donors (Lipinski definition) is 1. The molecular weight excluding hydrogens is 292 g/mol. The van der Waals surface area contributed by atoms with Crippen molar-refractivity contribution < 1.29 is 14.3 Å². The molecule has 0 radical (unpaired) electrons. The molecule has 126 valence electrons. The minimum atomic E-state index is -0.921. The van der Waals surface area contributed by atoms with Gasteiger partial charge < -0.3 is 15.0 Å². The van der Waals surface area contributed by atoms with Crippen LogP contribution in [0.25, 0.3) is 0 Å². The van der Waals surface area contributed by atoms with Gasteiger partial charge in [0.25, 0.3) is 5.91 Å². The molecule has 0 spiro atoms. The summed E-state index contributed by atoms with van der Waals surface area (Å²) in [6, 6.07) is 5.91. The highest BCUT2D eigenvalue weighted by Crippen LogP contribution is 2.38. The number of hydrogen-bond acceptors (Lipinski definition) is 3. The molecule has 1 aromatic rings. The number of benzene rings is 1. The van der Waals surface area contributed by atoms with Gasteiger partial charge in [-0.3, -0.25) is 9.59 Å². The summed E-state index contributed by atoms with van der Waals surface area (Å²) >= 11 is 0. The first-order chi connectivity index (χ1) is 10.7. The van der Waals surface area contributed by atoms with Crippen molar-refractivity contribution in [2.75, 3.05) is 11.4 Å². The fraction of sp³-hybridized carbons (Fsp3) is 0.556. The van der Waals surface area contributed by atoms with Crippen LogP contribution in [0.15, 0.2) is 18.2 Å². The Bertz CT molecular complexity index is 610. The van der Waals surface area contributed by atoms with E-state index >= 15 is 0 Å². The summed E-state index contributed by atoms with van der Waals surface area (Å²) in [5.41, 5.74) is 0.870. The number of nitrogens with one attached hydrogen (secondary N) is 1. The Kier molecular flexibility index (Phi) is 4.97. The van der Waals surface area contributed by atoms with E-state index in [1.54, 1.807) is 18.7 Å². The minimum absolute atomic E-state index is 0.0364. The van der Waals surface area contributed by atoms with Crippen LogP contribution in [0.1, 0.15) is 46.1 Å². The molecule has 1 N–H and O–H groups in total. The lowest BCUT2D eigenvalue weighted by Crippen LogP contribution is -2.53. The summed E-state index contributed by atoms with van der Waals surface area (Å²) in [6.45, 7) is 9.83. The van der Waals surface area contributed by atoms with Crippen LogP contribution >= 0.6 is 0 Å². The zero-order valence-corrected chi connectivity index (χ0v) is 14.6. The van der Waals surface area contributed by atoms with Gasteiger partial charge in [0.1, 0.15) is 5.75 Å². The average Bonchev–Trinajstić information content (AvgIpc) is 2.48. The maximum Gasteiger partial charge on any atom is 0.270 e. The van der Waals surface area contributed by atoms with Crippen LogP contribution in [0.4, 0.5) is 5.69 Å². The zero-order chi connectivity index (χ0) is 17.2. The second-order valence-electron chi connectivity index (χ2n) is 6.67. The first kappa shape index (κ1) is 17.3. The largest absolute Gasteiger partial charge is 0.476 e. The second-order valence-corrected chi connectivity index (χ2v) is 6.67. The lowest BCUT2D eigenvalue weighted by molar-refractivity contribution is -0.132. The molecule has 1 unspecified atom stereocenters. The number of fused-ring (bicyclic) bond motifs is 1. The molecule has 1 aromatic carbocycles. The predicted molar refractivity (Wildman–Crippen MR) is 90.8 cm³/mol. The van der Waals surface area contributed by atoms with Crippen LogP contribution < -0.4 is 15.0 Å². The van der Waals surface area contributed by atoms with Crippen LogP contribution in [0.3, 0.4) is 0 Å². The SMILES string of the molecule is CCC(C)NC(=O)CCN1C(=O)C(C)(C)Oc2ccc(C)cc21. The van der Waals surface area contributed by atoms with E-state index in [9.17, 15) is 9.59 Å². The lowest BCUT2D eigenvalue weighted by atomic mass is 10.0. The Morgan fingerprint density at radius 1 is 1.39 bits per heavy atom. The first-order valence-corrected chi connectivity index (χ1v) is 8.15. The molecule has 0 fully saturated rings. The molecule has 1 aliphatic rings. The molecular formula is C18H26N2O3. The lowest BCUT2D eigenvalue weighted by Gasteiger charge is -2.39. The van der Waals surface area contributed by atoms with E-state index in [1.165, 1.54) is 0 Å². The Labute approximate surface area is 138 Å². The quantitative estimate of drug-likeness (QED) is 0.908. The van der Waals surface area contributed by atoms with Gasteiger partial charge in [0.2, 0.25) is 5.91 Å². The molecule has 1 heterocycles. The summed E-state index contributed by atoms with van der Waals surface area (Å²) in [5.74, 6) is 0.528. The topological polar surface area (TPSA) is 58.6 Å². The normalized spacial score (nSPS) is 17.3. The van der Waals surface area contributed by atoms with Gasteiger partial charge in [-0.1, -0.05) is 13.0 Å². The fourth-order valence-electron chi connectivity index (χ4n) is 2.56. The van der Waals surface area contributed by atoms with Gasteiger partial charge in [-0.05, 0) is 51.8 Å². The van der Waals surface area contributed by atoms with Crippen molar-refractivity contribution in [3.8, 4) is 5.75 Å². The molecule has 1 atom stereocenters. The zero-order valence-electron chi connectivity index (χ0n) is 14.6. The smallest absolute Gasteiger partial charge is 0.270 e. The van der Waals surface area contributed by atoms with Crippen molar-refractivity contribution in [2.24, 2.45) is 0 Å². The summed E-state index contributed by atoms with van der Waals surface area (Å²) in [5, 5.41) is 2.93. The number of aryl methyl sites for hydroxylation is 1. The van der Waals surface area contributed by atoms with Crippen molar-refractivity contribution in [3.63, 3.8) is 0 Å². The third-order valence-corrected chi connectivity index (χ3v) is 4.11. The number of anilines is 1. The van der Waals surface area contributed by atoms with Crippen LogP contribution in [-0.2, 0) is 9.59 Å². The van der Waals surface area contributed by atoms with Gasteiger partial charge in [-0.25, -0.2) is 0 Å². The third-order valence-electron chi connectivity index (χ3n) is 4.11. The summed E-state index contributed by atoms with van der Waals surface area (Å²) in [7, 11) is 0. The monoisotopic (exact) mass is 318 g/mol. The van der Waals surface area contributed by atoms with E-state index < -0.39 is 5.60 Å². The predicted octanol–water partition coefficient (Wildman–Crippen LogP) is 2.80. The minimum Gasteiger partial charge on any atom is -0.476 e. The van der Waals surface area contributed by atoms with E-state index in [0.717, 1.165) is 17.7 Å². The maximum atomic E-state index is 12.7. The Hall–Kier alpha value is -2.04. The van der Waals surface area contributed by atoms with Crippen molar-refractivity contribution in [2.45, 2.75) is 59.1 Å². The summed E-state index contributed by atoms with van der Waals surface area (Å²) in [4.78, 5) is 26.4. The maximum absolute atomic E-state index is 12.7. The van der Waals surface area contributed by atoms with Crippen LogP contribution in [0.5, 0.6) is 5.75 Å². The van der Waals surface area contributed by atoms with E-state index in [1.807, 2.05) is 39.0 Å². The van der Waals surface area contributed by atoms with Gasteiger partial charge in [-0.2, -0.15) is 0 Å². The second kappa shape index (κ2) is 6.60. The fourth-order valence-corrected chi connectivity index (χ4v) is 2.56. The van der Waals surface area contributed by atoms with Crippen molar-refractivity contribution in [1.29, 1.82) is 0 Å². The van der Waals surface area contributed by atoms with Gasteiger partial charge in [-0.15, -0.1) is 0 Å². The van der Waals surface area contributed by atoms with E-state index in [2.05, 4.69) is 5.32 Å². The molecule has 0 saturated carbocycles. The number of carbonyl (C=O) groups is 2. The third kappa shape index (κ3) is 3.84. The number of ether oxygens (including phenoxy) is 1. The van der Waals surface area contributed by atoms with E-state index in [-0.39, 0.29) is 24.3 Å². The van der Waals surface area contributed by atoms with Gasteiger partial charge >= 0.3 is 0 Å². The molecule has 0 aliphatic carbocycles. The van der Waals surface area contributed by atoms with Crippen molar-refractivity contribution >= 4 is 17.5 Å². The van der Waals surface area contributed by atoms with Crippen LogP contribution in [0.2, 0.25) is 0 Å². The molecule has 0 bridgehead atoms. The Morgan fingerprint density at radius 3 is 2.74 bits per heavy atom. The number of carbonyl (C=O) groups excluding carboxylic acids is 2. The molecule has 2 amide bonds. The van der Waals surface area contributed by atoms with E-state index in [0.29, 0.717) is 12.3 Å². The Balaban J connectivity index is 2.18. The molecule has 5 nitrogen and oxygen atoms in total. The summed E-state index contributed by atoms with van der Waals surface area (Å²) < 4.78 is 5.81. The van der Waals surface area contributed by atoms with Gasteiger partial charge in [0.05, 0.1) is 5.69 Å². The van der Waals surface area contributed by atoms with Crippen molar-refractivity contribution in [1.82, 2.24) is 5.32 Å². The summed E-state index contributed by atoms with van der Waals surface area (Å²) in [6.07, 6.45) is 1.16. The highest BCUT2D eigenvalue weighted by molar-refractivity contribution is 6.02. The van der Waals surface area contributed by atoms with Gasteiger partial charge in [0, 0.05) is 19.0 Å². The Morgan fingerprint density at radius 2 is 2.09 bits per heavy atom. The molecule has 0 aromatic heterocycles. The average molecular weight is 318 g/mol. The van der Waals surface area contributed by atoms with Crippen LogP contribution in [-0.4, -0.2) is 30.0 Å². The highest BCUT2D eigenvalue weighted by Gasteiger charge is 2.40. The van der Waals surface area contributed by atoms with Crippen molar-refractivity contribution in [3.05, 3.63) is 23.8 Å². The number of rotatable bonds is 5. The number of nitrogens with zero attached hydrogens (tertiary/aromatic N) is 1. The van der Waals surface area contributed by atoms with Crippen LogP contribution in [0, 0.1) is 6.92 Å².